The minimum Gasteiger partial charge on any atom is -0.462 e. The maximum absolute atomic E-state index is 12.6. The highest BCUT2D eigenvalue weighted by atomic mass is 31.2. The molecule has 0 aliphatic heterocycles. The maximum atomic E-state index is 12.6. The minimum absolute atomic E-state index is 0.00839. The molecule has 0 radical (unpaired) electrons. The van der Waals surface area contributed by atoms with Gasteiger partial charge in [0.1, 0.15) is 12.4 Å². The molecule has 1 fully saturated rings. The third-order valence-corrected chi connectivity index (χ3v) is 10.7. The van der Waals surface area contributed by atoms with Gasteiger partial charge in [0.05, 0.1) is 25.4 Å². The predicted molar refractivity (Wildman–Crippen MR) is 230 cm³/mol. The van der Waals surface area contributed by atoms with E-state index in [1.807, 2.05) is 12.2 Å². The molecule has 6 atom stereocenters. The van der Waals surface area contributed by atoms with Crippen molar-refractivity contribution in [3.63, 3.8) is 0 Å². The van der Waals surface area contributed by atoms with Crippen molar-refractivity contribution < 1.29 is 52.6 Å². The minimum atomic E-state index is -4.45. The van der Waals surface area contributed by atoms with Crippen LogP contribution in [-0.4, -0.2) is 77.5 Å². The molecule has 0 spiro atoms. The summed E-state index contributed by atoms with van der Waals surface area (Å²) in [6.07, 6.45) is 34.7. The van der Waals surface area contributed by atoms with Crippen molar-refractivity contribution in [3.8, 4) is 0 Å². The molecule has 58 heavy (non-hydrogen) atoms. The van der Waals surface area contributed by atoms with E-state index >= 15 is 0 Å². The summed E-state index contributed by atoms with van der Waals surface area (Å²) in [7, 11) is -4.45. The summed E-state index contributed by atoms with van der Waals surface area (Å²) in [5.74, 6) is -1.80. The van der Waals surface area contributed by atoms with Gasteiger partial charge in [-0.1, -0.05) is 120 Å². The largest absolute Gasteiger partial charge is 0.472 e. The van der Waals surface area contributed by atoms with Crippen molar-refractivity contribution in [2.75, 3.05) is 26.4 Å². The van der Waals surface area contributed by atoms with E-state index in [2.05, 4.69) is 50.3 Å². The first-order valence-corrected chi connectivity index (χ1v) is 23.4. The van der Waals surface area contributed by atoms with Crippen LogP contribution in [0.2, 0.25) is 0 Å². The monoisotopic (exact) mass is 838 g/mol. The second kappa shape index (κ2) is 35.1. The molecular weight excluding hydrogens is 761 g/mol. The second-order valence-electron chi connectivity index (χ2n) is 15.0. The Hall–Kier alpha value is -2.70. The van der Waals surface area contributed by atoms with Crippen LogP contribution in [0.25, 0.3) is 0 Å². The summed E-state index contributed by atoms with van der Waals surface area (Å²) < 4.78 is 32.7. The third-order valence-electron chi connectivity index (χ3n) is 9.75. The number of hydrogen-bond acceptors (Lipinski definition) is 11. The molecule has 1 rings (SSSR count). The van der Waals surface area contributed by atoms with Crippen LogP contribution in [-0.2, 0) is 37.5 Å². The summed E-state index contributed by atoms with van der Waals surface area (Å²) in [6.45, 7) is 3.25. The molecule has 0 aromatic heterocycles. The van der Waals surface area contributed by atoms with Crippen molar-refractivity contribution in [2.45, 2.75) is 167 Å². The van der Waals surface area contributed by atoms with Gasteiger partial charge in [-0.05, 0) is 70.6 Å². The number of phosphoric ester groups is 1. The van der Waals surface area contributed by atoms with Gasteiger partial charge in [-0.15, -0.1) is 0 Å². The van der Waals surface area contributed by atoms with E-state index in [4.69, 9.17) is 24.3 Å². The number of aliphatic hydroxyl groups excluding tert-OH is 2. The van der Waals surface area contributed by atoms with Crippen LogP contribution in [0.4, 0.5) is 0 Å². The molecule has 0 amide bonds. The van der Waals surface area contributed by atoms with E-state index in [9.17, 15) is 34.1 Å². The molecule has 0 saturated heterocycles. The Morgan fingerprint density at radius 2 is 1.40 bits per heavy atom. The number of aliphatic hydroxyl groups is 2. The number of hydrogen-bond donors (Lipinski definition) is 4. The molecule has 13 heteroatoms. The quantitative estimate of drug-likeness (QED) is 0.0203. The molecule has 0 heterocycles. The fourth-order valence-electron chi connectivity index (χ4n) is 6.39. The van der Waals surface area contributed by atoms with Crippen molar-refractivity contribution >= 4 is 25.5 Å². The number of unbranched alkanes of at least 4 members (excludes halogenated alkanes) is 10. The van der Waals surface area contributed by atoms with E-state index in [1.165, 1.54) is 19.3 Å². The van der Waals surface area contributed by atoms with Gasteiger partial charge in [-0.3, -0.25) is 23.4 Å². The molecule has 0 aromatic carbocycles. The Bertz CT molecular complexity index is 1300. The molecule has 332 valence electrons. The fourth-order valence-corrected chi connectivity index (χ4v) is 7.15. The number of Topliss-reactive ketones (excluding diaryl/α,β-unsaturated/α-hetero) is 1. The number of esters is 2. The number of nitrogens with two attached hydrogens (primary N) is 1. The molecule has 5 N–H and O–H groups in total. The van der Waals surface area contributed by atoms with Crippen LogP contribution in [0.1, 0.15) is 149 Å². The molecule has 1 aliphatic carbocycles. The Morgan fingerprint density at radius 3 is 2.09 bits per heavy atom. The van der Waals surface area contributed by atoms with Gasteiger partial charge in [0.25, 0.3) is 0 Å². The lowest BCUT2D eigenvalue weighted by molar-refractivity contribution is -0.161. The van der Waals surface area contributed by atoms with E-state index in [-0.39, 0.29) is 50.7 Å². The third kappa shape index (κ3) is 28.7. The highest BCUT2D eigenvalue weighted by molar-refractivity contribution is 7.47. The Balaban J connectivity index is 2.43. The van der Waals surface area contributed by atoms with Crippen LogP contribution in [0, 0.1) is 11.8 Å². The van der Waals surface area contributed by atoms with Crippen molar-refractivity contribution in [1.82, 2.24) is 0 Å². The number of carbonyl (C=O) groups excluding carboxylic acids is 3. The normalized spacial score (nSPS) is 19.6. The van der Waals surface area contributed by atoms with Crippen molar-refractivity contribution in [1.29, 1.82) is 0 Å². The average molecular weight is 838 g/mol. The second-order valence-corrected chi connectivity index (χ2v) is 16.4. The average Bonchev–Trinajstić information content (AvgIpc) is 3.47. The first-order valence-electron chi connectivity index (χ1n) is 21.9. The van der Waals surface area contributed by atoms with Crippen molar-refractivity contribution in [3.05, 3.63) is 60.8 Å². The first-order chi connectivity index (χ1) is 28.0. The number of carbonyl (C=O) groups is 3. The SMILES string of the molecule is CCCCC/C=C\C/C=C\C/C=C\CCCCCCC(=O)O[C@H](COC(=O)CCC/C=C\C[C@H]1[C@@H](O)CC(=O)[C@@H]1/C=C/[C@@H](O)CCCCC)COP(=O)(O)OCCN. The van der Waals surface area contributed by atoms with Gasteiger partial charge in [0.15, 0.2) is 6.10 Å². The number of ether oxygens (including phenoxy) is 2. The molecular formula is C45H76NO11P. The lowest BCUT2D eigenvalue weighted by Crippen LogP contribution is -2.29. The smallest absolute Gasteiger partial charge is 0.462 e. The summed E-state index contributed by atoms with van der Waals surface area (Å²) in [6, 6.07) is 0. The highest BCUT2D eigenvalue weighted by Crippen LogP contribution is 2.43. The summed E-state index contributed by atoms with van der Waals surface area (Å²) in [4.78, 5) is 47.5. The van der Waals surface area contributed by atoms with Gasteiger partial charge in [0.2, 0.25) is 0 Å². The van der Waals surface area contributed by atoms with Crippen LogP contribution in [0.15, 0.2) is 60.8 Å². The van der Waals surface area contributed by atoms with E-state index < -0.39 is 50.6 Å². The summed E-state index contributed by atoms with van der Waals surface area (Å²) in [5, 5.41) is 20.7. The number of ketones is 1. The van der Waals surface area contributed by atoms with Gasteiger partial charge in [-0.25, -0.2) is 4.57 Å². The lowest BCUT2D eigenvalue weighted by atomic mass is 9.90. The number of allylic oxidation sites excluding steroid dienone is 9. The van der Waals surface area contributed by atoms with Crippen LogP contribution >= 0.6 is 7.82 Å². The van der Waals surface area contributed by atoms with E-state index in [0.717, 1.165) is 64.2 Å². The van der Waals surface area contributed by atoms with Gasteiger partial charge >= 0.3 is 19.8 Å². The van der Waals surface area contributed by atoms with E-state index in [1.54, 1.807) is 12.2 Å². The molecule has 0 bridgehead atoms. The van der Waals surface area contributed by atoms with Crippen LogP contribution in [0.5, 0.6) is 0 Å². The van der Waals surface area contributed by atoms with Gasteiger partial charge < -0.3 is 30.3 Å². The zero-order valence-corrected chi connectivity index (χ0v) is 36.4. The predicted octanol–water partition coefficient (Wildman–Crippen LogP) is 9.08. The Kier molecular flexibility index (Phi) is 32.3. The molecule has 0 aromatic rings. The first kappa shape index (κ1) is 53.3. The highest BCUT2D eigenvalue weighted by Gasteiger charge is 2.39. The van der Waals surface area contributed by atoms with E-state index in [0.29, 0.717) is 32.1 Å². The standard InChI is InChI=1S/C45H76NO11P/c1-3-5-7-8-9-10-11-12-13-14-15-16-17-18-19-20-26-30-45(51)57-39(37-56-58(52,53)55-34-33-46)36-54-44(50)29-25-22-21-24-28-40-41(43(49)35-42(40)48)32-31-38(47)27-23-6-4-2/h9-10,12-13,15-16,21,24,31-32,38-42,47-48H,3-8,11,14,17-20,22-23,25-30,33-37,46H2,1-2H3,(H,52,53)/b10-9-,13-12-,16-15-,24-21-,32-31+/t38-,39+,40+,41+,42-/m0/s1. The molecule has 1 aliphatic rings. The maximum Gasteiger partial charge on any atom is 0.472 e. The molecule has 1 unspecified atom stereocenters. The zero-order valence-electron chi connectivity index (χ0n) is 35.5. The number of rotatable bonds is 36. The van der Waals surface area contributed by atoms with Crippen LogP contribution < -0.4 is 5.73 Å². The Labute approximate surface area is 349 Å². The Morgan fingerprint density at radius 1 is 0.793 bits per heavy atom. The molecule has 12 nitrogen and oxygen atoms in total. The van der Waals surface area contributed by atoms with Crippen LogP contribution in [0.3, 0.4) is 0 Å². The molecule has 1 saturated carbocycles. The zero-order chi connectivity index (χ0) is 42.7. The lowest BCUT2D eigenvalue weighted by Gasteiger charge is -2.19. The summed E-state index contributed by atoms with van der Waals surface area (Å²) in [5.41, 5.74) is 5.34. The van der Waals surface area contributed by atoms with Crippen molar-refractivity contribution in [2.24, 2.45) is 17.6 Å². The number of phosphoric acid groups is 1. The van der Waals surface area contributed by atoms with Gasteiger partial charge in [-0.2, -0.15) is 0 Å². The van der Waals surface area contributed by atoms with Gasteiger partial charge in [0, 0.05) is 37.6 Å². The topological polar surface area (TPSA) is 192 Å². The summed E-state index contributed by atoms with van der Waals surface area (Å²) >= 11 is 0. The fraction of sp³-hybridized carbons (Fsp3) is 0.711.